The van der Waals surface area contributed by atoms with E-state index in [1.165, 1.54) is 13.3 Å². The van der Waals surface area contributed by atoms with Crippen LogP contribution < -0.4 is 35.0 Å². The number of methoxy groups -OCH3 is 1. The predicted molar refractivity (Wildman–Crippen MR) is 247 cm³/mol. The van der Waals surface area contributed by atoms with Crippen LogP contribution in [0.2, 0.25) is 5.02 Å². The first kappa shape index (κ1) is 46.7. The molecule has 21 heteroatoms. The number of aryl methyl sites for hydroxylation is 1. The fourth-order valence-electron chi connectivity index (χ4n) is 9.24. The molecule has 4 aliphatic rings. The molecule has 0 saturated carbocycles. The van der Waals surface area contributed by atoms with Crippen LogP contribution in [-0.2, 0) is 39.0 Å². The molecule has 4 N–H and O–H groups in total. The molecule has 0 bridgehead atoms. The number of para-hydroxylation sites is 1. The smallest absolute Gasteiger partial charge is 0.387 e. The number of nitrogens with zero attached hydrogens (tertiary/aromatic N) is 6. The Balaban J connectivity index is 0.865. The summed E-state index contributed by atoms with van der Waals surface area (Å²) < 4.78 is 65.0. The quantitative estimate of drug-likeness (QED) is 0.0994. The Morgan fingerprint density at radius 2 is 1.73 bits per heavy atom. The number of hydrogen-bond acceptors (Lipinski definition) is 14. The number of rotatable bonds is 16. The van der Waals surface area contributed by atoms with Crippen molar-refractivity contribution >= 4 is 73.9 Å². The molecule has 3 saturated heterocycles. The van der Waals surface area contributed by atoms with Gasteiger partial charge in [0.25, 0.3) is 5.91 Å². The fraction of sp³-hybridized carbons (Fsp3) is 0.444. The summed E-state index contributed by atoms with van der Waals surface area (Å²) in [5.74, 6) is -0.554. The molecule has 17 nitrogen and oxygen atoms in total. The molecule has 3 fully saturated rings. The average Bonchev–Trinajstić information content (AvgIpc) is 3.61. The van der Waals surface area contributed by atoms with Crippen molar-refractivity contribution in [2.75, 3.05) is 79.4 Å². The van der Waals surface area contributed by atoms with Crippen molar-refractivity contribution in [2.24, 2.45) is 0 Å². The number of piperazine rings is 1. The SMILES string of the molecule is CCc1cc(Nc2ncc(Cl)c(Nc3cccc(OC)c3NS(C)(=O)=O)n2)c(OC(F)F)cc1N1CCC(N2CCN(CCc3ccc4c(c3)CN(C3CCC(=O)NC3=O)C4=O)CC2)CC1. The van der Waals surface area contributed by atoms with Crippen LogP contribution >= 0.6 is 11.6 Å². The lowest BCUT2D eigenvalue weighted by molar-refractivity contribution is -0.136. The van der Waals surface area contributed by atoms with Gasteiger partial charge < -0.3 is 34.8 Å². The summed E-state index contributed by atoms with van der Waals surface area (Å²) in [6.45, 7) is 5.42. The lowest BCUT2D eigenvalue weighted by atomic mass is 9.99. The van der Waals surface area contributed by atoms with Crippen LogP contribution in [0.5, 0.6) is 11.5 Å². The first-order valence-corrected chi connectivity index (χ1v) is 24.2. The minimum atomic E-state index is -3.69. The minimum Gasteiger partial charge on any atom is -0.494 e. The molecular formula is C45H53ClF2N10O7S. The van der Waals surface area contributed by atoms with Gasteiger partial charge in [0, 0.05) is 82.1 Å². The molecule has 66 heavy (non-hydrogen) atoms. The van der Waals surface area contributed by atoms with E-state index in [9.17, 15) is 31.6 Å². The molecule has 4 aromatic rings. The number of anilines is 6. The standard InChI is InChI=1S/C45H53ClF2N10O7S/c1-4-28-23-34(51-45-49-25-32(46)41(53-45)50-33-6-5-7-37(64-2)40(33)54-66(3,62)63)38(65-44(47)48)24-36(28)57-16-13-30(14-17-57)56-20-18-55(19-21-56)15-12-27-8-9-31-29(22-27)26-58(43(31)61)35-10-11-39(59)52-42(35)60/h5-9,22-25,30,35,44,54H,4,10-21,26H2,1-3H3,(H,52,59,60)(H2,49,50,51,53). The van der Waals surface area contributed by atoms with Gasteiger partial charge in [0.05, 0.1) is 30.9 Å². The highest BCUT2D eigenvalue weighted by Crippen LogP contribution is 2.40. The first-order valence-electron chi connectivity index (χ1n) is 22.0. The predicted octanol–water partition coefficient (Wildman–Crippen LogP) is 5.75. The van der Waals surface area contributed by atoms with E-state index in [2.05, 4.69) is 51.4 Å². The minimum absolute atomic E-state index is 0.0262. The number of sulfonamides is 1. The van der Waals surface area contributed by atoms with E-state index in [1.54, 1.807) is 35.2 Å². The number of carbonyl (C=O) groups is 3. The number of piperidine rings is 2. The Labute approximate surface area is 387 Å². The molecule has 4 aliphatic heterocycles. The van der Waals surface area contributed by atoms with Gasteiger partial charge in [-0.1, -0.05) is 36.7 Å². The monoisotopic (exact) mass is 950 g/mol. The average molecular weight is 951 g/mol. The molecule has 0 aliphatic carbocycles. The van der Waals surface area contributed by atoms with Gasteiger partial charge >= 0.3 is 6.61 Å². The zero-order chi connectivity index (χ0) is 46.7. The van der Waals surface area contributed by atoms with E-state index in [0.29, 0.717) is 36.7 Å². The molecular weight excluding hydrogens is 898 g/mol. The second-order valence-corrected chi connectivity index (χ2v) is 19.0. The van der Waals surface area contributed by atoms with Gasteiger partial charge in [0.1, 0.15) is 22.5 Å². The normalized spacial score (nSPS) is 18.7. The summed E-state index contributed by atoms with van der Waals surface area (Å²) in [7, 11) is -2.29. The van der Waals surface area contributed by atoms with Crippen LogP contribution in [0.1, 0.15) is 59.7 Å². The number of hydrogen-bond donors (Lipinski definition) is 4. The summed E-state index contributed by atoms with van der Waals surface area (Å²) in [6.07, 6.45) is 6.20. The van der Waals surface area contributed by atoms with Crippen LogP contribution in [0.3, 0.4) is 0 Å². The summed E-state index contributed by atoms with van der Waals surface area (Å²) >= 11 is 6.46. The maximum absolute atomic E-state index is 13.9. The number of imide groups is 1. The van der Waals surface area contributed by atoms with E-state index >= 15 is 0 Å². The number of fused-ring (bicyclic) bond motifs is 1. The van der Waals surface area contributed by atoms with Crippen LogP contribution in [0.25, 0.3) is 0 Å². The summed E-state index contributed by atoms with van der Waals surface area (Å²) in [5, 5.41) is 8.53. The Morgan fingerprint density at radius 1 is 0.955 bits per heavy atom. The lowest BCUT2D eigenvalue weighted by Crippen LogP contribution is -2.53. The molecule has 3 aromatic carbocycles. The highest BCUT2D eigenvalue weighted by Gasteiger charge is 2.39. The van der Waals surface area contributed by atoms with Gasteiger partial charge in [0.15, 0.2) is 11.6 Å². The Kier molecular flexibility index (Phi) is 14.1. The molecule has 1 atom stereocenters. The van der Waals surface area contributed by atoms with Crippen LogP contribution in [0.4, 0.5) is 43.3 Å². The second-order valence-electron chi connectivity index (χ2n) is 16.8. The number of nitrogens with one attached hydrogen (secondary N) is 4. The first-order chi connectivity index (χ1) is 31.7. The van der Waals surface area contributed by atoms with Crippen molar-refractivity contribution in [3.8, 4) is 11.5 Å². The zero-order valence-electron chi connectivity index (χ0n) is 36.9. The Bertz CT molecular complexity index is 2590. The van der Waals surface area contributed by atoms with Crippen molar-refractivity contribution in [3.63, 3.8) is 0 Å². The van der Waals surface area contributed by atoms with Crippen molar-refractivity contribution in [2.45, 2.75) is 70.7 Å². The van der Waals surface area contributed by atoms with Crippen molar-refractivity contribution in [3.05, 3.63) is 82.0 Å². The number of amides is 3. The molecule has 3 amide bonds. The molecule has 1 unspecified atom stereocenters. The number of carbonyl (C=O) groups excluding carboxylic acids is 3. The molecule has 0 radical (unpaired) electrons. The van der Waals surface area contributed by atoms with E-state index in [-0.39, 0.29) is 57.9 Å². The fourth-order valence-corrected chi connectivity index (χ4v) is 9.96. The lowest BCUT2D eigenvalue weighted by Gasteiger charge is -2.43. The third-order valence-corrected chi connectivity index (χ3v) is 13.4. The van der Waals surface area contributed by atoms with Gasteiger partial charge in [0.2, 0.25) is 27.8 Å². The summed E-state index contributed by atoms with van der Waals surface area (Å²) in [5.41, 5.74) is 5.10. The van der Waals surface area contributed by atoms with Crippen molar-refractivity contribution in [1.29, 1.82) is 0 Å². The van der Waals surface area contributed by atoms with Gasteiger partial charge in [-0.05, 0) is 73.1 Å². The van der Waals surface area contributed by atoms with E-state index in [0.717, 1.165) is 93.7 Å². The Morgan fingerprint density at radius 3 is 2.42 bits per heavy atom. The number of aromatic nitrogens is 2. The second kappa shape index (κ2) is 20.0. The van der Waals surface area contributed by atoms with Crippen LogP contribution in [0.15, 0.2) is 54.7 Å². The third-order valence-electron chi connectivity index (χ3n) is 12.6. The van der Waals surface area contributed by atoms with Gasteiger partial charge in [-0.25, -0.2) is 13.4 Å². The number of benzene rings is 3. The van der Waals surface area contributed by atoms with Crippen molar-refractivity contribution in [1.82, 2.24) is 30.0 Å². The van der Waals surface area contributed by atoms with E-state index in [1.807, 2.05) is 19.1 Å². The molecule has 5 heterocycles. The maximum atomic E-state index is 13.9. The van der Waals surface area contributed by atoms with E-state index in [4.69, 9.17) is 21.1 Å². The van der Waals surface area contributed by atoms with Crippen molar-refractivity contribution < 1.29 is 41.1 Å². The summed E-state index contributed by atoms with van der Waals surface area (Å²) in [4.78, 5) is 54.8. The number of alkyl halides is 2. The third kappa shape index (κ3) is 10.7. The highest BCUT2D eigenvalue weighted by molar-refractivity contribution is 7.92. The molecule has 8 rings (SSSR count). The molecule has 0 spiro atoms. The number of ether oxygens (including phenoxy) is 2. The number of halogens is 3. The van der Waals surface area contributed by atoms with Crippen LogP contribution in [0, 0.1) is 0 Å². The largest absolute Gasteiger partial charge is 0.494 e. The highest BCUT2D eigenvalue weighted by atomic mass is 35.5. The Hall–Kier alpha value is -5.83. The molecule has 352 valence electrons. The zero-order valence-corrected chi connectivity index (χ0v) is 38.5. The van der Waals surface area contributed by atoms with Gasteiger partial charge in [-0.15, -0.1) is 0 Å². The van der Waals surface area contributed by atoms with Crippen LogP contribution in [-0.4, -0.2) is 129 Å². The topological polar surface area (TPSA) is 191 Å². The molecule has 1 aromatic heterocycles. The van der Waals surface area contributed by atoms with E-state index < -0.39 is 28.6 Å². The van der Waals surface area contributed by atoms with Gasteiger partial charge in [-0.2, -0.15) is 13.8 Å². The van der Waals surface area contributed by atoms with Gasteiger partial charge in [-0.3, -0.25) is 29.3 Å². The summed E-state index contributed by atoms with van der Waals surface area (Å²) in [6, 6.07) is 14.0. The maximum Gasteiger partial charge on any atom is 0.387 e.